The number of piperazine rings is 1. The summed E-state index contributed by atoms with van der Waals surface area (Å²) in [5, 5.41) is 3.23. The fraction of sp³-hybridized carbons (Fsp3) is 0.412. The Kier molecular flexibility index (Phi) is 5.38. The van der Waals surface area contributed by atoms with Gasteiger partial charge in [0.2, 0.25) is 16.0 Å². The zero-order valence-corrected chi connectivity index (χ0v) is 15.6. The second-order valence-electron chi connectivity index (χ2n) is 6.39. The van der Waals surface area contributed by atoms with Crippen LogP contribution in [0.2, 0.25) is 0 Å². The van der Waals surface area contributed by atoms with Gasteiger partial charge in [0.15, 0.2) is 0 Å². The maximum Gasteiger partial charge on any atom is 0.243 e. The molecule has 0 bridgehead atoms. The number of hydrogen-bond donors (Lipinski definition) is 1. The minimum Gasteiger partial charge on any atom is -0.368 e. The molecule has 0 spiro atoms. The Morgan fingerprint density at radius 3 is 2.35 bits per heavy atom. The SMILES string of the molecule is CC(C)Nc1ccnc(N2CCN(S(=O)(=O)c3ccc(F)cc3)CC2)n1. The van der Waals surface area contributed by atoms with E-state index < -0.39 is 15.8 Å². The van der Waals surface area contributed by atoms with Crippen LogP contribution in [0.15, 0.2) is 41.4 Å². The largest absolute Gasteiger partial charge is 0.368 e. The van der Waals surface area contributed by atoms with Crippen LogP contribution in [0.3, 0.4) is 0 Å². The third kappa shape index (κ3) is 4.10. The molecule has 0 atom stereocenters. The van der Waals surface area contributed by atoms with E-state index in [1.807, 2.05) is 18.7 Å². The van der Waals surface area contributed by atoms with Crippen molar-refractivity contribution < 1.29 is 12.8 Å². The Balaban J connectivity index is 1.68. The first-order chi connectivity index (χ1) is 12.4. The van der Waals surface area contributed by atoms with E-state index in [2.05, 4.69) is 15.3 Å². The van der Waals surface area contributed by atoms with Crippen molar-refractivity contribution in [2.24, 2.45) is 0 Å². The molecule has 1 aliphatic rings. The van der Waals surface area contributed by atoms with Gasteiger partial charge in [-0.3, -0.25) is 0 Å². The first-order valence-electron chi connectivity index (χ1n) is 8.46. The number of anilines is 2. The Morgan fingerprint density at radius 2 is 1.73 bits per heavy atom. The van der Waals surface area contributed by atoms with Gasteiger partial charge in [0, 0.05) is 38.4 Å². The van der Waals surface area contributed by atoms with Crippen LogP contribution >= 0.6 is 0 Å². The standard InChI is InChI=1S/C17H22FN5O2S/c1-13(2)20-16-7-8-19-17(21-16)22-9-11-23(12-10-22)26(24,25)15-5-3-14(18)4-6-15/h3-8,13H,9-12H2,1-2H3,(H,19,20,21). The predicted molar refractivity (Wildman–Crippen MR) is 98.2 cm³/mol. The van der Waals surface area contributed by atoms with E-state index in [-0.39, 0.29) is 10.9 Å². The molecule has 1 fully saturated rings. The Morgan fingerprint density at radius 1 is 1.08 bits per heavy atom. The van der Waals surface area contributed by atoms with E-state index in [1.54, 1.807) is 12.3 Å². The number of halogens is 1. The van der Waals surface area contributed by atoms with Crippen LogP contribution in [-0.4, -0.2) is 54.9 Å². The fourth-order valence-corrected chi connectivity index (χ4v) is 4.18. The lowest BCUT2D eigenvalue weighted by Gasteiger charge is -2.34. The summed E-state index contributed by atoms with van der Waals surface area (Å²) in [6, 6.07) is 6.96. The van der Waals surface area contributed by atoms with Crippen molar-refractivity contribution in [3.8, 4) is 0 Å². The molecule has 0 amide bonds. The molecule has 7 nitrogen and oxygen atoms in total. The summed E-state index contributed by atoms with van der Waals surface area (Å²) in [7, 11) is -3.62. The summed E-state index contributed by atoms with van der Waals surface area (Å²) in [4.78, 5) is 10.8. The molecule has 0 unspecified atom stereocenters. The van der Waals surface area contributed by atoms with Gasteiger partial charge < -0.3 is 10.2 Å². The van der Waals surface area contributed by atoms with Crippen LogP contribution in [-0.2, 0) is 10.0 Å². The van der Waals surface area contributed by atoms with Crippen molar-refractivity contribution in [1.29, 1.82) is 0 Å². The van der Waals surface area contributed by atoms with Gasteiger partial charge >= 0.3 is 0 Å². The highest BCUT2D eigenvalue weighted by Crippen LogP contribution is 2.20. The van der Waals surface area contributed by atoms with E-state index in [0.29, 0.717) is 32.1 Å². The van der Waals surface area contributed by atoms with E-state index >= 15 is 0 Å². The first kappa shape index (κ1) is 18.5. The highest BCUT2D eigenvalue weighted by atomic mass is 32.2. The van der Waals surface area contributed by atoms with Gasteiger partial charge in [-0.1, -0.05) is 0 Å². The molecule has 26 heavy (non-hydrogen) atoms. The maximum absolute atomic E-state index is 13.0. The molecule has 0 saturated carbocycles. The highest BCUT2D eigenvalue weighted by Gasteiger charge is 2.29. The summed E-state index contributed by atoms with van der Waals surface area (Å²) in [6.45, 7) is 5.69. The lowest BCUT2D eigenvalue weighted by molar-refractivity contribution is 0.382. The fourth-order valence-electron chi connectivity index (χ4n) is 2.76. The number of rotatable bonds is 5. The van der Waals surface area contributed by atoms with Crippen molar-refractivity contribution in [2.45, 2.75) is 24.8 Å². The van der Waals surface area contributed by atoms with Crippen LogP contribution < -0.4 is 10.2 Å². The highest BCUT2D eigenvalue weighted by molar-refractivity contribution is 7.89. The molecule has 1 aromatic carbocycles. The number of benzene rings is 1. The predicted octanol–water partition coefficient (Wildman–Crippen LogP) is 1.95. The summed E-state index contributed by atoms with van der Waals surface area (Å²) in [5.41, 5.74) is 0. The first-order valence-corrected chi connectivity index (χ1v) is 9.90. The van der Waals surface area contributed by atoms with Crippen LogP contribution in [0.1, 0.15) is 13.8 Å². The Labute approximate surface area is 152 Å². The zero-order chi connectivity index (χ0) is 18.7. The molecule has 2 aromatic rings. The number of aromatic nitrogens is 2. The zero-order valence-electron chi connectivity index (χ0n) is 14.8. The molecule has 1 saturated heterocycles. The molecule has 0 aliphatic carbocycles. The van der Waals surface area contributed by atoms with Crippen molar-refractivity contribution in [1.82, 2.24) is 14.3 Å². The smallest absolute Gasteiger partial charge is 0.243 e. The second kappa shape index (κ2) is 7.55. The molecule has 1 N–H and O–H groups in total. The van der Waals surface area contributed by atoms with E-state index in [1.165, 1.54) is 16.4 Å². The third-order valence-corrected chi connectivity index (χ3v) is 5.97. The van der Waals surface area contributed by atoms with E-state index in [9.17, 15) is 12.8 Å². The van der Waals surface area contributed by atoms with Gasteiger partial charge in [-0.25, -0.2) is 17.8 Å². The van der Waals surface area contributed by atoms with Crippen LogP contribution in [0.5, 0.6) is 0 Å². The van der Waals surface area contributed by atoms with Crippen molar-refractivity contribution in [3.05, 3.63) is 42.3 Å². The summed E-state index contributed by atoms with van der Waals surface area (Å²) < 4.78 is 39.8. The molecule has 3 rings (SSSR count). The molecular weight excluding hydrogens is 357 g/mol. The average Bonchev–Trinajstić information content (AvgIpc) is 2.62. The Bertz CT molecular complexity index is 850. The molecule has 2 heterocycles. The number of sulfonamides is 1. The third-order valence-electron chi connectivity index (χ3n) is 4.05. The van der Waals surface area contributed by atoms with Crippen LogP contribution in [0.25, 0.3) is 0 Å². The minimum absolute atomic E-state index is 0.103. The quantitative estimate of drug-likeness (QED) is 0.856. The maximum atomic E-state index is 13.0. The van der Waals surface area contributed by atoms with Crippen LogP contribution in [0.4, 0.5) is 16.2 Å². The normalized spacial score (nSPS) is 16.1. The van der Waals surface area contributed by atoms with Crippen molar-refractivity contribution >= 4 is 21.8 Å². The van der Waals surface area contributed by atoms with Gasteiger partial charge in [-0.05, 0) is 44.2 Å². The molecule has 140 valence electrons. The Hall–Kier alpha value is -2.26. The van der Waals surface area contributed by atoms with E-state index in [0.717, 1.165) is 18.0 Å². The van der Waals surface area contributed by atoms with Crippen molar-refractivity contribution in [3.63, 3.8) is 0 Å². The van der Waals surface area contributed by atoms with Crippen molar-refractivity contribution in [2.75, 3.05) is 36.4 Å². The minimum atomic E-state index is -3.62. The molecule has 0 radical (unpaired) electrons. The topological polar surface area (TPSA) is 78.4 Å². The number of hydrogen-bond acceptors (Lipinski definition) is 6. The molecule has 1 aromatic heterocycles. The van der Waals surface area contributed by atoms with Gasteiger partial charge in [-0.15, -0.1) is 0 Å². The number of nitrogens with zero attached hydrogens (tertiary/aromatic N) is 4. The van der Waals surface area contributed by atoms with Gasteiger partial charge in [0.1, 0.15) is 11.6 Å². The lowest BCUT2D eigenvalue weighted by Crippen LogP contribution is -2.49. The molecule has 1 aliphatic heterocycles. The number of nitrogens with one attached hydrogen (secondary N) is 1. The molecular formula is C17H22FN5O2S. The summed E-state index contributed by atoms with van der Waals surface area (Å²) >= 11 is 0. The van der Waals surface area contributed by atoms with Gasteiger partial charge in [-0.2, -0.15) is 9.29 Å². The summed E-state index contributed by atoms with van der Waals surface area (Å²) in [6.07, 6.45) is 1.69. The lowest BCUT2D eigenvalue weighted by atomic mass is 10.3. The molecule has 9 heteroatoms. The van der Waals surface area contributed by atoms with Gasteiger partial charge in [0.25, 0.3) is 0 Å². The summed E-state index contributed by atoms with van der Waals surface area (Å²) in [5.74, 6) is 0.863. The van der Waals surface area contributed by atoms with E-state index in [4.69, 9.17) is 0 Å². The van der Waals surface area contributed by atoms with Gasteiger partial charge in [0.05, 0.1) is 4.90 Å². The van der Waals surface area contributed by atoms with Crippen LogP contribution in [0, 0.1) is 5.82 Å². The monoisotopic (exact) mass is 379 g/mol. The average molecular weight is 379 g/mol. The second-order valence-corrected chi connectivity index (χ2v) is 8.32.